The molecule has 14 aromatic rings. The Morgan fingerprint density at radius 2 is 0.773 bits per heavy atom. The van der Waals surface area contributed by atoms with Crippen LogP contribution in [0.15, 0.2) is 201 Å². The van der Waals surface area contributed by atoms with Crippen LogP contribution in [0.2, 0.25) is 30.4 Å². The Balaban J connectivity index is 0.000000131. The molecule has 0 bridgehead atoms. The monoisotopic (exact) mass is 2270 g/mol. The molecule has 0 spiro atoms. The van der Waals surface area contributed by atoms with E-state index < -0.39 is 0 Å². The van der Waals surface area contributed by atoms with Crippen molar-refractivity contribution >= 4 is 207 Å². The van der Waals surface area contributed by atoms with E-state index in [0.717, 1.165) is 151 Å². The van der Waals surface area contributed by atoms with Crippen LogP contribution >= 0.6 is 161 Å². The fraction of sp³-hybridized carbons (Fsp3) is 0.397. The van der Waals surface area contributed by atoms with Gasteiger partial charge in [-0.2, -0.15) is 0 Å². The summed E-state index contributed by atoms with van der Waals surface area (Å²) in [6, 6.07) is 51.2. The first-order valence-electron chi connectivity index (χ1n) is 50.8. The minimum absolute atomic E-state index is 0.0211. The number of amides is 3. The highest BCUT2D eigenvalue weighted by molar-refractivity contribution is 7.19. The van der Waals surface area contributed by atoms with Crippen molar-refractivity contribution in [1.29, 1.82) is 0 Å². The molecule has 15 nitrogen and oxygen atoms in total. The van der Waals surface area contributed by atoms with Crippen LogP contribution in [-0.2, 0) is 60.4 Å². The average Bonchev–Trinajstić information content (AvgIpc) is 1.62. The second kappa shape index (κ2) is 48.5. The lowest BCUT2D eigenvalue weighted by atomic mass is 9.69. The number of nitrogens with one attached hydrogen (secondary N) is 3. The lowest BCUT2D eigenvalue weighted by molar-refractivity contribution is -0.130. The Morgan fingerprint density at radius 3 is 1.23 bits per heavy atom. The van der Waals surface area contributed by atoms with Gasteiger partial charge in [0.05, 0.1) is 52.8 Å². The molecule has 5 fully saturated rings. The number of benzene rings is 3. The maximum Gasteiger partial charge on any atom is 0.251 e. The number of anilines is 5. The molecule has 29 heteroatoms. The molecule has 21 rings (SSSR count). The molecule has 17 heterocycles. The van der Waals surface area contributed by atoms with Crippen LogP contribution in [0.1, 0.15) is 322 Å². The van der Waals surface area contributed by atoms with Gasteiger partial charge in [-0.25, -0.2) is 0 Å². The maximum atomic E-state index is 11.8. The van der Waals surface area contributed by atoms with E-state index in [0.29, 0.717) is 42.2 Å². The quantitative estimate of drug-likeness (QED) is 0.105. The SMILES string of the molecule is CC(C)(C)c1cc(C#Cc2cccc3c2CC(=O)N3)c(Cl)s1.CC(C)(C)c1cc(C#Cc2cccc3c2CNC3=O)c(Cl)s1.CC(C)(C)c1cc(C2CC(c3cccnc3)O2)c(Cl)s1.CC(C)(C)c1cc(C2CC(c3ccncc3)C2)c(Cl)s1.CC(C)(C)c1cc(C2CN(c3ccncc3)C2)c(Cl)s1.CC(C)(C)c1cc(N2CCN(c3ccncc3)CC2)c(Cl)s1.CNC(=O)c1cccc(N2CC(c3cc(C(C)(C)C)sc3Cl)C2)c1. The summed E-state index contributed by atoms with van der Waals surface area (Å²) in [5, 5.41) is 8.34. The fourth-order valence-electron chi connectivity index (χ4n) is 17.9. The lowest BCUT2D eigenvalue weighted by Gasteiger charge is -2.41. The minimum Gasteiger partial charge on any atom is -0.370 e. The molecule has 11 aromatic heterocycles. The van der Waals surface area contributed by atoms with Gasteiger partial charge in [-0.15, -0.1) is 79.4 Å². The number of nitrogens with zero attached hydrogens (tertiary/aromatic N) is 8. The lowest BCUT2D eigenvalue weighted by Crippen LogP contribution is -2.46. The van der Waals surface area contributed by atoms with Gasteiger partial charge in [-0.1, -0.05) is 275 Å². The summed E-state index contributed by atoms with van der Waals surface area (Å²) in [6.45, 7) is 55.0. The van der Waals surface area contributed by atoms with Gasteiger partial charge >= 0.3 is 0 Å². The first kappa shape index (κ1) is 115. The normalized spacial score (nSPS) is 16.9. The van der Waals surface area contributed by atoms with Crippen LogP contribution < -0.4 is 35.6 Å². The molecule has 4 saturated heterocycles. The summed E-state index contributed by atoms with van der Waals surface area (Å²) in [5.74, 6) is 14.9. The molecule has 7 aliphatic rings. The third-order valence-electron chi connectivity index (χ3n) is 27.3. The van der Waals surface area contributed by atoms with Crippen molar-refractivity contribution in [1.82, 2.24) is 30.6 Å². The third-order valence-corrected chi connectivity index (χ3v) is 39.9. The highest BCUT2D eigenvalue weighted by Crippen LogP contribution is 2.54. The van der Waals surface area contributed by atoms with Crippen LogP contribution in [0.25, 0.3) is 0 Å². The molecular formula is C121H134Cl7N11O4S7. The number of carbonyl (C=O) groups excluding carboxylic acids is 3. The van der Waals surface area contributed by atoms with Crippen LogP contribution in [0.4, 0.5) is 28.4 Å². The standard InChI is InChI=1S/C19H23ClN2OS.2C18H16ClNOS.C17H22ClN3S.C17H20ClNS.C16H19ClN2S.C16H18ClNOS/c1-19(2,3)16-9-15(17(20)24-16)13-10-22(11-13)14-7-5-6-12(8-14)18(23)21-4;1-18(2,3)15-9-12(17(19)22-15)8-7-11-5-4-6-14-13(11)10-16(21)20-14;1-18(2,3)15-9-12(16(19)22-15)8-7-11-5-4-6-13-14(11)10-20-17(13)21;1-17(2,3)15-12-14(16(18)22-15)21-10-8-20(9-11-21)13-4-6-19-7-5-13;1-17(2,3)15-10-14(16(18)20-15)13-8-12(9-13)11-4-6-19-7-5-11;1-16(2,3)14-8-13(15(17)20-14)11-9-19(10-11)12-4-6-18-7-5-12;1-16(2,3)14-7-11(15(17)20-14)13-8-12(19-13)10-5-4-6-18-9-10/h5-9,13H,10-11H2,1-4H3,(H,21,23);2*4-6,9H,10H2,1-3H3,(H,20,21);4-7,12H,8-11H2,1-3H3;4-7,10,12-13H,8-9H2,1-3H3;4-8,11H,9-10H2,1-3H3;4-7,9,12-13H,8H2,1-3H3. The fourth-order valence-corrected chi connectivity index (χ4v) is 27.6. The zero-order valence-corrected chi connectivity index (χ0v) is 100. The first-order valence-corrected chi connectivity index (χ1v) is 59.2. The van der Waals surface area contributed by atoms with Crippen LogP contribution in [-0.4, -0.2) is 97.1 Å². The summed E-state index contributed by atoms with van der Waals surface area (Å²) in [4.78, 5) is 70.0. The van der Waals surface area contributed by atoms with Gasteiger partial charge in [0.2, 0.25) is 5.91 Å². The molecule has 1 aliphatic carbocycles. The van der Waals surface area contributed by atoms with Gasteiger partial charge in [-0.3, -0.25) is 34.3 Å². The van der Waals surface area contributed by atoms with E-state index in [1.165, 1.54) is 86.3 Å². The molecule has 788 valence electrons. The van der Waals surface area contributed by atoms with E-state index >= 15 is 0 Å². The summed E-state index contributed by atoms with van der Waals surface area (Å²) in [5.41, 5.74) is 21.1. The molecule has 2 atom stereocenters. The van der Waals surface area contributed by atoms with E-state index in [4.69, 9.17) is 85.9 Å². The molecule has 6 aliphatic heterocycles. The second-order valence-corrected chi connectivity index (χ2v) is 57.6. The Bertz CT molecular complexity index is 6930. The van der Waals surface area contributed by atoms with Crippen molar-refractivity contribution in [3.63, 3.8) is 0 Å². The highest BCUT2D eigenvalue weighted by Gasteiger charge is 2.40. The molecule has 3 amide bonds. The summed E-state index contributed by atoms with van der Waals surface area (Å²) < 4.78 is 12.1. The predicted octanol–water partition coefficient (Wildman–Crippen LogP) is 33.8. The zero-order valence-electron chi connectivity index (χ0n) is 89.4. The van der Waals surface area contributed by atoms with Crippen molar-refractivity contribution in [2.24, 2.45) is 0 Å². The molecule has 150 heavy (non-hydrogen) atoms. The number of pyridine rings is 4. The number of aromatic nitrogens is 4. The molecule has 3 N–H and O–H groups in total. The van der Waals surface area contributed by atoms with Gasteiger partial charge in [0.25, 0.3) is 11.8 Å². The van der Waals surface area contributed by atoms with Crippen molar-refractivity contribution in [2.75, 3.05) is 84.3 Å². The van der Waals surface area contributed by atoms with Crippen molar-refractivity contribution in [3.8, 4) is 23.7 Å². The Hall–Kier alpha value is -9.12. The molecular weight excluding hydrogens is 2140 g/mol. The number of piperazine rings is 1. The number of hydrogen-bond acceptors (Lipinski definition) is 19. The zero-order chi connectivity index (χ0) is 108. The van der Waals surface area contributed by atoms with E-state index in [9.17, 15) is 14.4 Å². The topological polar surface area (TPSA) is 161 Å². The molecule has 0 radical (unpaired) electrons. The molecule has 3 aromatic carbocycles. The highest BCUT2D eigenvalue weighted by atomic mass is 35.5. The van der Waals surface area contributed by atoms with E-state index in [1.807, 2.05) is 104 Å². The number of rotatable bonds is 11. The van der Waals surface area contributed by atoms with E-state index in [1.54, 1.807) is 92.6 Å². The van der Waals surface area contributed by atoms with Gasteiger partial charge < -0.3 is 40.3 Å². The van der Waals surface area contributed by atoms with Crippen LogP contribution in [0, 0.1) is 23.7 Å². The Labute approximate surface area is 950 Å². The number of hydrogen-bond donors (Lipinski definition) is 3. The Kier molecular flexibility index (Phi) is 37.1. The van der Waals surface area contributed by atoms with Crippen LogP contribution in [0.5, 0.6) is 0 Å². The number of carbonyl (C=O) groups is 3. The number of thiophene rings is 7. The van der Waals surface area contributed by atoms with Crippen molar-refractivity contribution < 1.29 is 19.1 Å². The summed E-state index contributed by atoms with van der Waals surface area (Å²) in [7, 11) is 1.65. The predicted molar refractivity (Wildman–Crippen MR) is 642 cm³/mol. The van der Waals surface area contributed by atoms with E-state index in [-0.39, 0.29) is 67.8 Å². The summed E-state index contributed by atoms with van der Waals surface area (Å²) >= 11 is 56.6. The van der Waals surface area contributed by atoms with Gasteiger partial charge in [0, 0.05) is 224 Å². The Morgan fingerprint density at radius 1 is 0.373 bits per heavy atom. The van der Waals surface area contributed by atoms with Crippen molar-refractivity contribution in [2.45, 2.75) is 251 Å². The molecule has 1 saturated carbocycles. The number of ether oxygens (including phenoxy) is 1. The first-order chi connectivity index (χ1) is 70.8. The van der Waals surface area contributed by atoms with Gasteiger partial charge in [0.1, 0.15) is 13.0 Å². The van der Waals surface area contributed by atoms with Crippen molar-refractivity contribution in [3.05, 3.63) is 344 Å². The largest absolute Gasteiger partial charge is 0.370 e. The molecule has 2 unspecified atom stereocenters. The number of halogens is 7. The number of fused-ring (bicyclic) bond motifs is 2. The smallest absolute Gasteiger partial charge is 0.251 e. The summed E-state index contributed by atoms with van der Waals surface area (Å²) in [6.07, 6.45) is 18.9. The minimum atomic E-state index is -0.0513. The van der Waals surface area contributed by atoms with Crippen LogP contribution in [0.3, 0.4) is 0 Å². The average molecular weight is 2280 g/mol. The van der Waals surface area contributed by atoms with Gasteiger partial charge in [-0.05, 0) is 223 Å². The maximum absolute atomic E-state index is 11.8. The van der Waals surface area contributed by atoms with E-state index in [2.05, 4.69) is 316 Å². The third kappa shape index (κ3) is 29.0. The van der Waals surface area contributed by atoms with Gasteiger partial charge in [0.15, 0.2) is 0 Å². The second-order valence-electron chi connectivity index (χ2n) is 46.0.